The number of hydrogen-bond acceptors (Lipinski definition) is 3. The van der Waals surface area contributed by atoms with Crippen LogP contribution in [0.2, 0.25) is 0 Å². The lowest BCUT2D eigenvalue weighted by Crippen LogP contribution is -2.10. The van der Waals surface area contributed by atoms with E-state index in [1.807, 2.05) is 30.3 Å². The van der Waals surface area contributed by atoms with Crippen LogP contribution in [0.4, 0.5) is 0 Å². The van der Waals surface area contributed by atoms with Gasteiger partial charge in [-0.05, 0) is 40.8 Å². The Kier molecular flexibility index (Phi) is 5.20. The summed E-state index contributed by atoms with van der Waals surface area (Å²) < 4.78 is 5.89. The molecule has 0 amide bonds. The number of oxime groups is 1. The molecule has 4 rings (SSSR count). The Morgan fingerprint density at radius 1 is 0.852 bits per heavy atom. The Morgan fingerprint density at radius 3 is 2.37 bits per heavy atom. The summed E-state index contributed by atoms with van der Waals surface area (Å²) in [5.41, 5.74) is 6.25. The van der Waals surface area contributed by atoms with Crippen LogP contribution in [0.1, 0.15) is 28.2 Å². The van der Waals surface area contributed by atoms with Gasteiger partial charge in [-0.25, -0.2) is 0 Å². The third kappa shape index (κ3) is 4.03. The van der Waals surface area contributed by atoms with Crippen molar-refractivity contribution in [3.8, 4) is 5.75 Å². The molecule has 3 aromatic carbocycles. The molecule has 1 aliphatic carbocycles. The van der Waals surface area contributed by atoms with E-state index < -0.39 is 0 Å². The van der Waals surface area contributed by atoms with Gasteiger partial charge >= 0.3 is 0 Å². The van der Waals surface area contributed by atoms with E-state index in [4.69, 9.17) is 9.57 Å². The molecule has 0 N–H and O–H groups in total. The molecule has 0 heterocycles. The van der Waals surface area contributed by atoms with Crippen molar-refractivity contribution in [2.45, 2.75) is 25.4 Å². The third-order valence-electron chi connectivity index (χ3n) is 5.02. The van der Waals surface area contributed by atoms with E-state index in [2.05, 4.69) is 53.7 Å². The Morgan fingerprint density at radius 2 is 1.59 bits per heavy atom. The monoisotopic (exact) mass is 357 g/mol. The quantitative estimate of drug-likeness (QED) is 0.571. The molecule has 3 heteroatoms. The molecule has 0 fully saturated rings. The van der Waals surface area contributed by atoms with Crippen LogP contribution in [-0.2, 0) is 24.3 Å². The average molecular weight is 357 g/mol. The van der Waals surface area contributed by atoms with Gasteiger partial charge < -0.3 is 9.57 Å². The highest BCUT2D eigenvalue weighted by atomic mass is 16.6. The molecule has 3 nitrogen and oxygen atoms in total. The molecule has 27 heavy (non-hydrogen) atoms. The molecule has 1 atom stereocenters. The summed E-state index contributed by atoms with van der Waals surface area (Å²) in [6, 6.07) is 27.2. The van der Waals surface area contributed by atoms with Crippen LogP contribution in [0.15, 0.2) is 84.0 Å². The largest absolute Gasteiger partial charge is 0.489 e. The molecule has 0 aromatic heterocycles. The second-order valence-electron chi connectivity index (χ2n) is 6.82. The zero-order valence-corrected chi connectivity index (χ0v) is 15.5. The van der Waals surface area contributed by atoms with E-state index >= 15 is 0 Å². The molecule has 0 aliphatic heterocycles. The fourth-order valence-electron chi connectivity index (χ4n) is 3.67. The molecular weight excluding hydrogens is 334 g/mol. The maximum absolute atomic E-state index is 5.89. The molecule has 0 saturated carbocycles. The number of fused-ring (bicyclic) bond motifs is 1. The number of ether oxygens (including phenoxy) is 1. The molecule has 1 aliphatic rings. The number of benzene rings is 3. The standard InChI is InChI=1S/C24H23NO2/c1-26-25-24-16-20-9-5-6-10-22(20)23(24)15-18-11-13-21(14-12-18)27-17-19-7-3-2-4-8-19/h2-14,23H,15-17H2,1H3/b25-24+. The van der Waals surface area contributed by atoms with Crippen LogP contribution < -0.4 is 4.74 Å². The zero-order chi connectivity index (χ0) is 18.5. The normalized spacial score (nSPS) is 16.9. The van der Waals surface area contributed by atoms with Gasteiger partial charge in [-0.1, -0.05) is 71.9 Å². The van der Waals surface area contributed by atoms with Crippen LogP contribution >= 0.6 is 0 Å². The molecule has 0 saturated heterocycles. The van der Waals surface area contributed by atoms with Crippen molar-refractivity contribution in [3.05, 3.63) is 101 Å². The first-order chi connectivity index (χ1) is 13.3. The lowest BCUT2D eigenvalue weighted by molar-refractivity contribution is 0.211. The average Bonchev–Trinajstić information content (AvgIpc) is 3.06. The summed E-state index contributed by atoms with van der Waals surface area (Å²) in [6.45, 7) is 0.584. The van der Waals surface area contributed by atoms with E-state index in [-0.39, 0.29) is 5.92 Å². The number of nitrogens with zero attached hydrogens (tertiary/aromatic N) is 1. The van der Waals surface area contributed by atoms with Gasteiger partial charge in [0.05, 0.1) is 5.71 Å². The number of rotatable bonds is 6. The summed E-state index contributed by atoms with van der Waals surface area (Å²) >= 11 is 0. The van der Waals surface area contributed by atoms with E-state index in [0.29, 0.717) is 6.61 Å². The SMILES string of the molecule is CO/N=C1\Cc2ccccc2C1Cc1ccc(OCc2ccccc2)cc1. The van der Waals surface area contributed by atoms with Crippen molar-refractivity contribution >= 4 is 5.71 Å². The first kappa shape index (κ1) is 17.3. The predicted octanol–water partition coefficient (Wildman–Crippen LogP) is 5.15. The Balaban J connectivity index is 1.45. The van der Waals surface area contributed by atoms with Crippen molar-refractivity contribution in [3.63, 3.8) is 0 Å². The lowest BCUT2D eigenvalue weighted by Gasteiger charge is -2.13. The smallest absolute Gasteiger partial charge is 0.119 e. The molecule has 0 bridgehead atoms. The first-order valence-electron chi connectivity index (χ1n) is 9.27. The van der Waals surface area contributed by atoms with E-state index in [1.54, 1.807) is 7.11 Å². The van der Waals surface area contributed by atoms with Gasteiger partial charge in [0.2, 0.25) is 0 Å². The number of hydrogen-bond donors (Lipinski definition) is 0. The van der Waals surface area contributed by atoms with Crippen LogP contribution in [0, 0.1) is 0 Å². The fraction of sp³-hybridized carbons (Fsp3) is 0.208. The Hall–Kier alpha value is -3.07. The van der Waals surface area contributed by atoms with Gasteiger partial charge in [-0.3, -0.25) is 0 Å². The summed E-state index contributed by atoms with van der Waals surface area (Å²) in [5.74, 6) is 1.16. The second-order valence-corrected chi connectivity index (χ2v) is 6.82. The van der Waals surface area contributed by atoms with Gasteiger partial charge in [0.1, 0.15) is 19.5 Å². The van der Waals surface area contributed by atoms with Gasteiger partial charge in [-0.15, -0.1) is 0 Å². The minimum Gasteiger partial charge on any atom is -0.489 e. The maximum Gasteiger partial charge on any atom is 0.119 e. The van der Waals surface area contributed by atoms with E-state index in [0.717, 1.165) is 24.3 Å². The van der Waals surface area contributed by atoms with Gasteiger partial charge in [-0.2, -0.15) is 0 Å². The zero-order valence-electron chi connectivity index (χ0n) is 15.5. The highest BCUT2D eigenvalue weighted by molar-refractivity contribution is 5.96. The summed E-state index contributed by atoms with van der Waals surface area (Å²) in [6.07, 6.45) is 1.78. The van der Waals surface area contributed by atoms with Crippen molar-refractivity contribution < 1.29 is 9.57 Å². The molecule has 3 aromatic rings. The maximum atomic E-state index is 5.89. The Labute approximate surface area is 160 Å². The first-order valence-corrected chi connectivity index (χ1v) is 9.27. The van der Waals surface area contributed by atoms with Crippen LogP contribution in [0.5, 0.6) is 5.75 Å². The van der Waals surface area contributed by atoms with E-state index in [1.165, 1.54) is 22.3 Å². The van der Waals surface area contributed by atoms with Crippen molar-refractivity contribution in [1.82, 2.24) is 0 Å². The summed E-state index contributed by atoms with van der Waals surface area (Å²) in [4.78, 5) is 5.09. The van der Waals surface area contributed by atoms with Crippen LogP contribution in [0.25, 0.3) is 0 Å². The Bertz CT molecular complexity index is 917. The summed E-state index contributed by atoms with van der Waals surface area (Å²) in [7, 11) is 1.62. The van der Waals surface area contributed by atoms with Crippen LogP contribution in [-0.4, -0.2) is 12.8 Å². The van der Waals surface area contributed by atoms with Crippen molar-refractivity contribution in [2.24, 2.45) is 5.16 Å². The molecule has 0 radical (unpaired) electrons. The minimum absolute atomic E-state index is 0.275. The van der Waals surface area contributed by atoms with Crippen molar-refractivity contribution in [1.29, 1.82) is 0 Å². The molecule has 0 spiro atoms. The molecule has 136 valence electrons. The third-order valence-corrected chi connectivity index (χ3v) is 5.02. The van der Waals surface area contributed by atoms with Gasteiger partial charge in [0.15, 0.2) is 0 Å². The predicted molar refractivity (Wildman–Crippen MR) is 108 cm³/mol. The molecule has 1 unspecified atom stereocenters. The second kappa shape index (κ2) is 8.09. The van der Waals surface area contributed by atoms with Crippen molar-refractivity contribution in [2.75, 3.05) is 7.11 Å². The highest BCUT2D eigenvalue weighted by Crippen LogP contribution is 2.34. The molecular formula is C24H23NO2. The summed E-state index contributed by atoms with van der Waals surface area (Å²) in [5, 5.41) is 4.29. The topological polar surface area (TPSA) is 30.8 Å². The van der Waals surface area contributed by atoms with E-state index in [9.17, 15) is 0 Å². The fourth-order valence-corrected chi connectivity index (χ4v) is 3.67. The van der Waals surface area contributed by atoms with Crippen LogP contribution in [0.3, 0.4) is 0 Å². The van der Waals surface area contributed by atoms with Gasteiger partial charge in [0, 0.05) is 12.3 Å². The van der Waals surface area contributed by atoms with Gasteiger partial charge in [0.25, 0.3) is 0 Å². The highest BCUT2D eigenvalue weighted by Gasteiger charge is 2.29. The minimum atomic E-state index is 0.275. The lowest BCUT2D eigenvalue weighted by atomic mass is 9.92.